The van der Waals surface area contributed by atoms with Gasteiger partial charge in [-0.25, -0.2) is 12.8 Å². The van der Waals surface area contributed by atoms with Crippen molar-refractivity contribution in [2.24, 2.45) is 0 Å². The lowest BCUT2D eigenvalue weighted by molar-refractivity contribution is 0.0754. The number of benzene rings is 1. The maximum atomic E-state index is 13.2. The molecule has 8 nitrogen and oxygen atoms in total. The third kappa shape index (κ3) is 4.01. The lowest BCUT2D eigenvalue weighted by atomic mass is 10.2. The zero-order valence-electron chi connectivity index (χ0n) is 15.4. The third-order valence-corrected chi connectivity index (χ3v) is 7.33. The van der Waals surface area contributed by atoms with Crippen molar-refractivity contribution in [3.63, 3.8) is 0 Å². The van der Waals surface area contributed by atoms with Crippen molar-refractivity contribution >= 4 is 33.0 Å². The van der Waals surface area contributed by atoms with E-state index in [-0.39, 0.29) is 27.6 Å². The fraction of sp³-hybridized carbons (Fsp3) is 0.278. The van der Waals surface area contributed by atoms with E-state index in [9.17, 15) is 17.6 Å². The zero-order chi connectivity index (χ0) is 20.6. The second kappa shape index (κ2) is 7.56. The number of carbonyl (C=O) groups excluding carboxylic acids is 1. The maximum Gasteiger partial charge on any atom is 0.311 e. The molecule has 0 radical (unpaired) electrons. The van der Waals surface area contributed by atoms with Crippen LogP contribution in [-0.4, -0.2) is 42.5 Å². The predicted molar refractivity (Wildman–Crippen MR) is 105 cm³/mol. The highest BCUT2D eigenvalue weighted by atomic mass is 32.2. The fourth-order valence-corrected chi connectivity index (χ4v) is 5.27. The molecule has 29 heavy (non-hydrogen) atoms. The first-order valence-corrected chi connectivity index (χ1v) is 11.2. The number of likely N-dealkylation sites (tertiary alicyclic amines) is 1. The van der Waals surface area contributed by atoms with E-state index in [4.69, 9.17) is 4.42 Å². The summed E-state index contributed by atoms with van der Waals surface area (Å²) in [6, 6.07) is 5.19. The molecule has 1 aromatic carbocycles. The van der Waals surface area contributed by atoms with Gasteiger partial charge in [0.2, 0.25) is 5.89 Å². The summed E-state index contributed by atoms with van der Waals surface area (Å²) < 4.78 is 46.5. The lowest BCUT2D eigenvalue weighted by Gasteiger charge is -2.11. The molecule has 0 spiro atoms. The van der Waals surface area contributed by atoms with Gasteiger partial charge < -0.3 is 9.32 Å². The summed E-state index contributed by atoms with van der Waals surface area (Å²) in [5.41, 5.74) is 1.16. The Morgan fingerprint density at radius 2 is 2.00 bits per heavy atom. The molecule has 4 rings (SSSR count). The Morgan fingerprint density at radius 3 is 2.72 bits per heavy atom. The van der Waals surface area contributed by atoms with Crippen molar-refractivity contribution in [2.45, 2.75) is 24.0 Å². The van der Waals surface area contributed by atoms with Gasteiger partial charge >= 0.3 is 11.8 Å². The van der Waals surface area contributed by atoms with E-state index < -0.39 is 15.8 Å². The summed E-state index contributed by atoms with van der Waals surface area (Å²) in [6.07, 6.45) is 1.89. The van der Waals surface area contributed by atoms with Crippen molar-refractivity contribution in [3.05, 3.63) is 46.9 Å². The van der Waals surface area contributed by atoms with E-state index in [2.05, 4.69) is 14.9 Å². The molecule has 1 aliphatic heterocycles. The van der Waals surface area contributed by atoms with E-state index >= 15 is 0 Å². The number of halogens is 1. The van der Waals surface area contributed by atoms with Gasteiger partial charge in [-0.15, -0.1) is 21.5 Å². The minimum atomic E-state index is -3.88. The molecule has 11 heteroatoms. The molecule has 3 aromatic rings. The monoisotopic (exact) mass is 436 g/mol. The third-order valence-electron chi connectivity index (χ3n) is 4.52. The van der Waals surface area contributed by atoms with E-state index in [1.165, 1.54) is 24.3 Å². The summed E-state index contributed by atoms with van der Waals surface area (Å²) >= 11 is 0.975. The summed E-state index contributed by atoms with van der Waals surface area (Å²) in [5, 5.41) is 9.22. The number of nitrogens with one attached hydrogen (secondary N) is 1. The number of amides is 1. The van der Waals surface area contributed by atoms with Gasteiger partial charge in [0, 0.05) is 18.5 Å². The Labute approximate surface area is 170 Å². The molecule has 3 heterocycles. The largest absolute Gasteiger partial charge is 0.412 e. The molecule has 0 aliphatic carbocycles. The van der Waals surface area contributed by atoms with E-state index in [0.29, 0.717) is 24.2 Å². The Hall–Kier alpha value is -2.79. The van der Waals surface area contributed by atoms with Crippen LogP contribution in [0.1, 0.15) is 29.1 Å². The van der Waals surface area contributed by atoms with E-state index in [1.807, 2.05) is 0 Å². The number of nitrogens with zero attached hydrogens (tertiary/aromatic N) is 3. The van der Waals surface area contributed by atoms with Crippen molar-refractivity contribution < 1.29 is 22.0 Å². The van der Waals surface area contributed by atoms with Gasteiger partial charge in [-0.2, -0.15) is 0 Å². The lowest BCUT2D eigenvalue weighted by Crippen LogP contribution is -2.27. The summed E-state index contributed by atoms with van der Waals surface area (Å²) in [6.45, 7) is 2.93. The quantitative estimate of drug-likeness (QED) is 0.658. The molecule has 0 bridgehead atoms. The fourth-order valence-electron chi connectivity index (χ4n) is 2.99. The molecule has 0 unspecified atom stereocenters. The normalized spacial score (nSPS) is 14.3. The molecule has 1 saturated heterocycles. The number of anilines is 1. The van der Waals surface area contributed by atoms with Gasteiger partial charge in [-0.05, 0) is 49.6 Å². The van der Waals surface area contributed by atoms with Crippen molar-refractivity contribution in [3.8, 4) is 11.5 Å². The van der Waals surface area contributed by atoms with Gasteiger partial charge in [-0.1, -0.05) is 0 Å². The number of aromatic nitrogens is 2. The van der Waals surface area contributed by atoms with Crippen LogP contribution in [0.3, 0.4) is 0 Å². The Balaban J connectivity index is 1.54. The van der Waals surface area contributed by atoms with Crippen LogP contribution in [0.4, 0.5) is 10.1 Å². The molecule has 1 fully saturated rings. The summed E-state index contributed by atoms with van der Waals surface area (Å²) in [5.74, 6) is -0.807. The van der Waals surface area contributed by atoms with Crippen molar-refractivity contribution in [2.75, 3.05) is 17.8 Å². The molecule has 2 aromatic heterocycles. The maximum absolute atomic E-state index is 13.2. The summed E-state index contributed by atoms with van der Waals surface area (Å²) in [7, 11) is -3.88. The highest BCUT2D eigenvalue weighted by Gasteiger charge is 2.26. The van der Waals surface area contributed by atoms with Gasteiger partial charge in [0.15, 0.2) is 0 Å². The van der Waals surface area contributed by atoms with Gasteiger partial charge in [0.1, 0.15) is 10.0 Å². The minimum absolute atomic E-state index is 0.0295. The van der Waals surface area contributed by atoms with E-state index in [0.717, 1.165) is 24.2 Å². The summed E-state index contributed by atoms with van der Waals surface area (Å²) in [4.78, 5) is 14.0. The molecule has 0 atom stereocenters. The van der Waals surface area contributed by atoms with Gasteiger partial charge in [-0.3, -0.25) is 9.52 Å². The standard InChI is InChI=1S/C18H17FN4O4S2/c1-11-8-13(19)4-5-14(11)22-29(25,26)15-9-12(10-28-15)16-20-21-17(27-16)18(24)23-6-2-3-7-23/h4-5,8-10,22H,2-3,6-7H2,1H3. The van der Waals surface area contributed by atoms with Crippen LogP contribution in [0.2, 0.25) is 0 Å². The topological polar surface area (TPSA) is 105 Å². The average Bonchev–Trinajstić information content (AvgIpc) is 3.44. The molecule has 1 aliphatic rings. The number of thiophene rings is 1. The molecular weight excluding hydrogens is 419 g/mol. The number of hydrogen-bond donors (Lipinski definition) is 1. The highest BCUT2D eigenvalue weighted by Crippen LogP contribution is 2.30. The zero-order valence-corrected chi connectivity index (χ0v) is 17.0. The highest BCUT2D eigenvalue weighted by molar-refractivity contribution is 7.94. The second-order valence-electron chi connectivity index (χ2n) is 6.63. The molecule has 152 valence electrons. The molecule has 1 amide bonds. The minimum Gasteiger partial charge on any atom is -0.412 e. The Kier molecular flexibility index (Phi) is 5.09. The molecule has 1 N–H and O–H groups in total. The predicted octanol–water partition coefficient (Wildman–Crippen LogP) is 3.28. The first kappa shape index (κ1) is 19.5. The number of aryl methyl sites for hydroxylation is 1. The molecule has 0 saturated carbocycles. The second-order valence-corrected chi connectivity index (χ2v) is 9.45. The van der Waals surface area contributed by atoms with Crippen LogP contribution in [0.5, 0.6) is 0 Å². The van der Waals surface area contributed by atoms with Crippen LogP contribution in [-0.2, 0) is 10.0 Å². The van der Waals surface area contributed by atoms with Crippen LogP contribution >= 0.6 is 11.3 Å². The smallest absolute Gasteiger partial charge is 0.311 e. The Morgan fingerprint density at radius 1 is 1.24 bits per heavy atom. The van der Waals surface area contributed by atoms with Crippen molar-refractivity contribution in [1.29, 1.82) is 0 Å². The van der Waals surface area contributed by atoms with Gasteiger partial charge in [0.25, 0.3) is 10.0 Å². The average molecular weight is 436 g/mol. The van der Waals surface area contributed by atoms with Crippen molar-refractivity contribution in [1.82, 2.24) is 15.1 Å². The number of carbonyl (C=O) groups is 1. The first-order chi connectivity index (χ1) is 13.8. The van der Waals surface area contributed by atoms with Crippen LogP contribution < -0.4 is 4.72 Å². The number of hydrogen-bond acceptors (Lipinski definition) is 7. The number of rotatable bonds is 5. The van der Waals surface area contributed by atoms with Crippen LogP contribution in [0.25, 0.3) is 11.5 Å². The van der Waals surface area contributed by atoms with Crippen LogP contribution in [0.15, 0.2) is 38.3 Å². The first-order valence-electron chi connectivity index (χ1n) is 8.84. The number of sulfonamides is 1. The molecular formula is C18H17FN4O4S2. The van der Waals surface area contributed by atoms with Gasteiger partial charge in [0.05, 0.1) is 11.3 Å². The van der Waals surface area contributed by atoms with Crippen LogP contribution in [0, 0.1) is 12.7 Å². The Bertz CT molecular complexity index is 1170. The SMILES string of the molecule is Cc1cc(F)ccc1NS(=O)(=O)c1cc(-c2nnc(C(=O)N3CCCC3)o2)cs1. The van der Waals surface area contributed by atoms with E-state index in [1.54, 1.807) is 17.2 Å².